The van der Waals surface area contributed by atoms with E-state index in [0.29, 0.717) is 6.42 Å². The summed E-state index contributed by atoms with van der Waals surface area (Å²) in [4.78, 5) is 10.3. The molecule has 0 fully saturated rings. The van der Waals surface area contributed by atoms with E-state index in [0.717, 1.165) is 12.8 Å². The van der Waals surface area contributed by atoms with Gasteiger partial charge in [-0.2, -0.15) is 0 Å². The number of rotatable bonds is 17. The van der Waals surface area contributed by atoms with E-state index in [1.807, 2.05) is 0 Å². The Labute approximate surface area is 151 Å². The molecular weight excluding hydrogens is 326 g/mol. The number of aliphatic carboxylic acids is 1. The summed E-state index contributed by atoms with van der Waals surface area (Å²) in [6.07, 6.45) is 21.7. The maximum absolute atomic E-state index is 10.3. The predicted molar refractivity (Wildman–Crippen MR) is 91.8 cm³/mol. The molecule has 0 radical (unpaired) electrons. The van der Waals surface area contributed by atoms with E-state index in [4.69, 9.17) is 5.11 Å². The third kappa shape index (κ3) is 22.4. The molecule has 0 heterocycles. The van der Waals surface area contributed by atoms with E-state index in [1.165, 1.54) is 89.9 Å². The van der Waals surface area contributed by atoms with E-state index in [9.17, 15) is 4.79 Å². The monoisotopic (exact) mass is 362 g/mol. The van der Waals surface area contributed by atoms with Crippen LogP contribution in [0.3, 0.4) is 0 Å². The van der Waals surface area contributed by atoms with E-state index in [1.54, 1.807) is 0 Å². The van der Waals surface area contributed by atoms with Crippen LogP contribution in [0.4, 0.5) is 0 Å². The summed E-state index contributed by atoms with van der Waals surface area (Å²) in [6.45, 7) is 2.27. The van der Waals surface area contributed by atoms with Gasteiger partial charge in [-0.1, -0.05) is 103 Å². The summed E-state index contributed by atoms with van der Waals surface area (Å²) in [5.74, 6) is -0.652. The van der Waals surface area contributed by atoms with Gasteiger partial charge in [0.25, 0.3) is 0 Å². The standard InChI is InChI=1S/C19H38O2.Zn/c1-2-3-4-5-6-7-8-9-10-11-12-13-14-15-16-17-18-19(20)21;/h2-18H2,1H3,(H,20,21);. The van der Waals surface area contributed by atoms with Crippen molar-refractivity contribution < 1.29 is 29.4 Å². The molecule has 0 saturated carbocycles. The zero-order valence-corrected chi connectivity index (χ0v) is 18.1. The van der Waals surface area contributed by atoms with Crippen molar-refractivity contribution in [3.05, 3.63) is 0 Å². The zero-order valence-electron chi connectivity index (χ0n) is 15.1. The summed E-state index contributed by atoms with van der Waals surface area (Å²) < 4.78 is 0. The van der Waals surface area contributed by atoms with Crippen LogP contribution in [0.5, 0.6) is 0 Å². The normalized spacial score (nSPS) is 10.4. The first kappa shape index (κ1) is 24.3. The molecule has 0 unspecified atom stereocenters. The third-order valence-electron chi connectivity index (χ3n) is 4.24. The molecular formula is C19H38O2Zn. The van der Waals surface area contributed by atoms with Gasteiger partial charge >= 0.3 is 5.97 Å². The summed E-state index contributed by atoms with van der Waals surface area (Å²) in [5.41, 5.74) is 0. The minimum atomic E-state index is -0.652. The fraction of sp³-hybridized carbons (Fsp3) is 0.947. The summed E-state index contributed by atoms with van der Waals surface area (Å²) >= 11 is 0. The van der Waals surface area contributed by atoms with Gasteiger partial charge in [0, 0.05) is 25.9 Å². The fourth-order valence-electron chi connectivity index (χ4n) is 2.82. The van der Waals surface area contributed by atoms with Crippen LogP contribution in [0.15, 0.2) is 0 Å². The van der Waals surface area contributed by atoms with Crippen molar-refractivity contribution in [1.29, 1.82) is 0 Å². The van der Waals surface area contributed by atoms with Gasteiger partial charge in [-0.3, -0.25) is 4.79 Å². The second kappa shape index (κ2) is 21.1. The van der Waals surface area contributed by atoms with E-state index < -0.39 is 5.97 Å². The molecule has 2 nitrogen and oxygen atoms in total. The Morgan fingerprint density at radius 2 is 0.864 bits per heavy atom. The first-order chi connectivity index (χ1) is 10.3. The number of carboxylic acids is 1. The third-order valence-corrected chi connectivity index (χ3v) is 4.24. The van der Waals surface area contributed by atoms with Crippen LogP contribution in [-0.2, 0) is 24.3 Å². The minimum absolute atomic E-state index is 0. The van der Waals surface area contributed by atoms with Gasteiger partial charge in [0.15, 0.2) is 0 Å². The van der Waals surface area contributed by atoms with Crippen molar-refractivity contribution in [1.82, 2.24) is 0 Å². The van der Waals surface area contributed by atoms with Crippen molar-refractivity contribution in [2.75, 3.05) is 0 Å². The predicted octanol–water partition coefficient (Wildman–Crippen LogP) is 6.72. The molecule has 1 N–H and O–H groups in total. The average Bonchev–Trinajstić information content (AvgIpc) is 2.46. The number of carbonyl (C=O) groups is 1. The van der Waals surface area contributed by atoms with Gasteiger partial charge in [0.05, 0.1) is 0 Å². The summed E-state index contributed by atoms with van der Waals surface area (Å²) in [5, 5.41) is 8.53. The molecule has 0 aliphatic heterocycles. The van der Waals surface area contributed by atoms with Gasteiger partial charge in [-0.05, 0) is 6.42 Å². The second-order valence-corrected chi connectivity index (χ2v) is 6.45. The number of hydrogen-bond donors (Lipinski definition) is 1. The summed E-state index contributed by atoms with van der Waals surface area (Å²) in [6, 6.07) is 0. The smallest absolute Gasteiger partial charge is 0.303 e. The van der Waals surface area contributed by atoms with E-state index in [2.05, 4.69) is 6.92 Å². The van der Waals surface area contributed by atoms with Crippen molar-refractivity contribution >= 4 is 5.97 Å². The van der Waals surface area contributed by atoms with Gasteiger partial charge in [-0.25, -0.2) is 0 Å². The number of hydrogen-bond acceptors (Lipinski definition) is 1. The molecule has 0 atom stereocenters. The van der Waals surface area contributed by atoms with Crippen molar-refractivity contribution in [2.45, 2.75) is 116 Å². The molecule has 128 valence electrons. The molecule has 0 aliphatic rings. The van der Waals surface area contributed by atoms with Crippen LogP contribution in [0.2, 0.25) is 0 Å². The van der Waals surface area contributed by atoms with Crippen molar-refractivity contribution in [2.24, 2.45) is 0 Å². The average molecular weight is 364 g/mol. The van der Waals surface area contributed by atoms with Crippen LogP contribution in [0.1, 0.15) is 116 Å². The molecule has 0 aliphatic carbocycles. The first-order valence-electron chi connectivity index (χ1n) is 9.49. The SMILES string of the molecule is CCCCCCCCCCCCCCCCCCC(=O)O.[Zn]. The molecule has 3 heteroatoms. The molecule has 0 aromatic heterocycles. The Morgan fingerprint density at radius 1 is 0.591 bits per heavy atom. The zero-order chi connectivity index (χ0) is 15.6. The van der Waals surface area contributed by atoms with Crippen LogP contribution in [0.25, 0.3) is 0 Å². The summed E-state index contributed by atoms with van der Waals surface area (Å²) in [7, 11) is 0. The maximum Gasteiger partial charge on any atom is 0.303 e. The van der Waals surface area contributed by atoms with E-state index >= 15 is 0 Å². The molecule has 0 amide bonds. The van der Waals surface area contributed by atoms with Crippen LogP contribution in [-0.4, -0.2) is 11.1 Å². The minimum Gasteiger partial charge on any atom is -0.481 e. The van der Waals surface area contributed by atoms with Gasteiger partial charge < -0.3 is 5.11 Å². The van der Waals surface area contributed by atoms with E-state index in [-0.39, 0.29) is 19.5 Å². The Bertz CT molecular complexity index is 219. The molecule has 0 bridgehead atoms. The van der Waals surface area contributed by atoms with Crippen molar-refractivity contribution in [3.63, 3.8) is 0 Å². The molecule has 0 saturated heterocycles. The largest absolute Gasteiger partial charge is 0.481 e. The number of unbranched alkanes of at least 4 members (excludes halogenated alkanes) is 15. The molecule has 22 heavy (non-hydrogen) atoms. The molecule has 0 aromatic carbocycles. The van der Waals surface area contributed by atoms with Crippen LogP contribution >= 0.6 is 0 Å². The maximum atomic E-state index is 10.3. The Balaban J connectivity index is 0. The van der Waals surface area contributed by atoms with Gasteiger partial charge in [0.2, 0.25) is 0 Å². The Kier molecular flexibility index (Phi) is 23.3. The molecule has 0 aromatic rings. The topological polar surface area (TPSA) is 37.3 Å². The number of carboxylic acid groups (broad SMARTS) is 1. The second-order valence-electron chi connectivity index (χ2n) is 6.45. The van der Waals surface area contributed by atoms with Crippen LogP contribution in [0, 0.1) is 0 Å². The van der Waals surface area contributed by atoms with Crippen LogP contribution < -0.4 is 0 Å². The van der Waals surface area contributed by atoms with Gasteiger partial charge in [0.1, 0.15) is 0 Å². The van der Waals surface area contributed by atoms with Gasteiger partial charge in [-0.15, -0.1) is 0 Å². The Morgan fingerprint density at radius 3 is 1.14 bits per heavy atom. The Hall–Kier alpha value is 0.0934. The van der Waals surface area contributed by atoms with Crippen molar-refractivity contribution in [3.8, 4) is 0 Å². The molecule has 0 rings (SSSR count). The fourth-order valence-corrected chi connectivity index (χ4v) is 2.82. The quantitative estimate of drug-likeness (QED) is 0.230. The first-order valence-corrected chi connectivity index (χ1v) is 9.49. The molecule has 0 spiro atoms.